The molecule has 0 aliphatic rings. The molecule has 0 radical (unpaired) electrons. The number of benzene rings is 2. The van der Waals surface area contributed by atoms with Crippen LogP contribution in [0, 0.1) is 0 Å². The lowest BCUT2D eigenvalue weighted by Crippen LogP contribution is -2.23. The molecule has 2 unspecified atom stereocenters. The number of rotatable bonds is 11. The van der Waals surface area contributed by atoms with Crippen LogP contribution < -0.4 is 4.74 Å². The highest BCUT2D eigenvalue weighted by Crippen LogP contribution is 2.29. The molecule has 0 saturated heterocycles. The number of carbonyl (C=O) groups is 1. The average molecular weight is 382 g/mol. The van der Waals surface area contributed by atoms with Crippen molar-refractivity contribution in [1.29, 1.82) is 0 Å². The smallest absolute Gasteiger partial charge is 0.127 e. The van der Waals surface area contributed by atoms with Crippen LogP contribution >= 0.6 is 0 Å². The number of nitrogens with zero attached hydrogens (tertiary/aromatic N) is 1. The average Bonchev–Trinajstić information content (AvgIpc) is 2.73. The molecular weight excluding hydrogens is 346 g/mol. The number of unbranched alkanes of at least 4 members (excludes halogenated alkanes) is 1. The Morgan fingerprint density at radius 1 is 1.00 bits per heavy atom. The quantitative estimate of drug-likeness (QED) is 0.355. The van der Waals surface area contributed by atoms with E-state index in [-0.39, 0.29) is 5.92 Å². The largest absolute Gasteiger partial charge is 0.497 e. The number of aldehydes is 1. The molecular formula is C25H35NO2. The Hall–Kier alpha value is -2.13. The van der Waals surface area contributed by atoms with Gasteiger partial charge >= 0.3 is 0 Å². The van der Waals surface area contributed by atoms with Crippen LogP contribution in [0.2, 0.25) is 0 Å². The third-order valence-electron chi connectivity index (χ3n) is 5.70. The van der Waals surface area contributed by atoms with Gasteiger partial charge in [-0.05, 0) is 68.1 Å². The molecule has 0 aliphatic carbocycles. The summed E-state index contributed by atoms with van der Waals surface area (Å²) in [7, 11) is 3.86. The van der Waals surface area contributed by atoms with Gasteiger partial charge in [0.1, 0.15) is 12.0 Å². The lowest BCUT2D eigenvalue weighted by Gasteiger charge is -2.25. The van der Waals surface area contributed by atoms with Gasteiger partial charge in [-0.1, -0.05) is 56.7 Å². The van der Waals surface area contributed by atoms with E-state index in [9.17, 15) is 4.79 Å². The van der Waals surface area contributed by atoms with Crippen LogP contribution in [0.5, 0.6) is 5.75 Å². The van der Waals surface area contributed by atoms with Gasteiger partial charge in [0.2, 0.25) is 0 Å². The van der Waals surface area contributed by atoms with Gasteiger partial charge < -0.3 is 9.53 Å². The second kappa shape index (κ2) is 11.0. The predicted molar refractivity (Wildman–Crippen MR) is 117 cm³/mol. The monoisotopic (exact) mass is 381 g/mol. The van der Waals surface area contributed by atoms with Gasteiger partial charge in [-0.2, -0.15) is 0 Å². The third-order valence-corrected chi connectivity index (χ3v) is 5.70. The van der Waals surface area contributed by atoms with Crippen LogP contribution in [0.25, 0.3) is 0 Å². The van der Waals surface area contributed by atoms with Crippen molar-refractivity contribution in [1.82, 2.24) is 4.90 Å². The van der Waals surface area contributed by atoms with Crippen molar-refractivity contribution in [3.8, 4) is 5.75 Å². The van der Waals surface area contributed by atoms with Crippen molar-refractivity contribution in [3.63, 3.8) is 0 Å². The Morgan fingerprint density at radius 2 is 1.71 bits per heavy atom. The SMILES string of the molecule is COc1cccc(C(C)N(C)CCCCC(C=O)c2ccccc2C(C)C)c1. The van der Waals surface area contributed by atoms with Crippen molar-refractivity contribution in [3.05, 3.63) is 65.2 Å². The maximum atomic E-state index is 11.7. The molecule has 3 heteroatoms. The Balaban J connectivity index is 1.87. The second-order valence-electron chi connectivity index (χ2n) is 7.96. The molecule has 0 spiro atoms. The molecule has 152 valence electrons. The van der Waals surface area contributed by atoms with Crippen LogP contribution in [0.3, 0.4) is 0 Å². The number of hydrogen-bond donors (Lipinski definition) is 0. The van der Waals surface area contributed by atoms with E-state index in [0.29, 0.717) is 12.0 Å². The van der Waals surface area contributed by atoms with Gasteiger partial charge in [0.25, 0.3) is 0 Å². The first kappa shape index (κ1) is 22.2. The third kappa shape index (κ3) is 5.93. The minimum absolute atomic E-state index is 0.000265. The van der Waals surface area contributed by atoms with E-state index in [2.05, 4.69) is 63.1 Å². The summed E-state index contributed by atoms with van der Waals surface area (Å²) in [6, 6.07) is 17.0. The summed E-state index contributed by atoms with van der Waals surface area (Å²) < 4.78 is 5.34. The zero-order chi connectivity index (χ0) is 20.5. The first-order valence-electron chi connectivity index (χ1n) is 10.4. The summed E-state index contributed by atoms with van der Waals surface area (Å²) in [6.07, 6.45) is 4.17. The zero-order valence-corrected chi connectivity index (χ0v) is 18.0. The highest BCUT2D eigenvalue weighted by atomic mass is 16.5. The molecule has 0 fully saturated rings. The maximum absolute atomic E-state index is 11.7. The van der Waals surface area contributed by atoms with Crippen LogP contribution in [0.1, 0.15) is 74.6 Å². The van der Waals surface area contributed by atoms with Crippen LogP contribution in [0.4, 0.5) is 0 Å². The number of ether oxygens (including phenoxy) is 1. The van der Waals surface area contributed by atoms with Crippen molar-refractivity contribution in [2.45, 2.75) is 57.9 Å². The molecule has 0 aliphatic heterocycles. The molecule has 0 heterocycles. The molecule has 0 aromatic heterocycles. The molecule has 28 heavy (non-hydrogen) atoms. The standard InChI is InChI=1S/C25H35NO2/c1-19(2)24-14-6-7-15-25(24)22(18-27)11-8-9-16-26(4)20(3)21-12-10-13-23(17-21)28-5/h6-7,10,12-15,17-20,22H,8-9,11,16H2,1-5H3. The van der Waals surface area contributed by atoms with E-state index in [0.717, 1.165) is 37.8 Å². The molecule has 2 rings (SSSR count). The normalized spacial score (nSPS) is 13.5. The topological polar surface area (TPSA) is 29.5 Å². The molecule has 0 N–H and O–H groups in total. The number of carbonyl (C=O) groups excluding carboxylic acids is 1. The zero-order valence-electron chi connectivity index (χ0n) is 18.0. The molecule has 0 saturated carbocycles. The van der Waals surface area contributed by atoms with Crippen molar-refractivity contribution >= 4 is 6.29 Å². The number of methoxy groups -OCH3 is 1. The van der Waals surface area contributed by atoms with Crippen LogP contribution in [-0.4, -0.2) is 31.9 Å². The van der Waals surface area contributed by atoms with E-state index in [1.165, 1.54) is 16.7 Å². The van der Waals surface area contributed by atoms with Gasteiger partial charge in [-0.15, -0.1) is 0 Å². The first-order chi connectivity index (χ1) is 13.5. The lowest BCUT2D eigenvalue weighted by atomic mass is 9.87. The van der Waals surface area contributed by atoms with Gasteiger partial charge in [0, 0.05) is 12.0 Å². The summed E-state index contributed by atoms with van der Waals surface area (Å²) in [5.74, 6) is 1.34. The Labute approximate surface area is 170 Å². The highest BCUT2D eigenvalue weighted by molar-refractivity contribution is 5.63. The van der Waals surface area contributed by atoms with Gasteiger partial charge in [-0.3, -0.25) is 4.90 Å². The summed E-state index contributed by atoms with van der Waals surface area (Å²) in [6.45, 7) is 7.61. The molecule has 2 aromatic carbocycles. The summed E-state index contributed by atoms with van der Waals surface area (Å²) in [5, 5.41) is 0. The molecule has 0 bridgehead atoms. The predicted octanol–water partition coefficient (Wildman–Crippen LogP) is 5.96. The summed E-state index contributed by atoms with van der Waals surface area (Å²) >= 11 is 0. The van der Waals surface area contributed by atoms with Crippen LogP contribution in [-0.2, 0) is 4.79 Å². The second-order valence-corrected chi connectivity index (χ2v) is 7.96. The Bertz CT molecular complexity index is 741. The van der Waals surface area contributed by atoms with E-state index in [4.69, 9.17) is 4.74 Å². The molecule has 2 atom stereocenters. The minimum Gasteiger partial charge on any atom is -0.497 e. The summed E-state index contributed by atoms with van der Waals surface area (Å²) in [5.41, 5.74) is 3.76. The Morgan fingerprint density at radius 3 is 2.36 bits per heavy atom. The van der Waals surface area contributed by atoms with E-state index in [1.54, 1.807) is 7.11 Å². The highest BCUT2D eigenvalue weighted by Gasteiger charge is 2.17. The summed E-state index contributed by atoms with van der Waals surface area (Å²) in [4.78, 5) is 14.1. The van der Waals surface area contributed by atoms with E-state index < -0.39 is 0 Å². The lowest BCUT2D eigenvalue weighted by molar-refractivity contribution is -0.109. The Kier molecular flexibility index (Phi) is 8.72. The first-order valence-corrected chi connectivity index (χ1v) is 10.4. The van der Waals surface area contributed by atoms with Crippen molar-refractivity contribution in [2.24, 2.45) is 0 Å². The van der Waals surface area contributed by atoms with Crippen molar-refractivity contribution < 1.29 is 9.53 Å². The molecule has 0 amide bonds. The maximum Gasteiger partial charge on any atom is 0.127 e. The van der Waals surface area contributed by atoms with Crippen molar-refractivity contribution in [2.75, 3.05) is 20.7 Å². The van der Waals surface area contributed by atoms with Crippen LogP contribution in [0.15, 0.2) is 48.5 Å². The van der Waals surface area contributed by atoms with Gasteiger partial charge in [0.15, 0.2) is 0 Å². The fraction of sp³-hybridized carbons (Fsp3) is 0.480. The van der Waals surface area contributed by atoms with E-state index in [1.807, 2.05) is 18.2 Å². The van der Waals surface area contributed by atoms with Gasteiger partial charge in [-0.25, -0.2) is 0 Å². The fourth-order valence-electron chi connectivity index (χ4n) is 3.75. The molecule has 3 nitrogen and oxygen atoms in total. The number of hydrogen-bond acceptors (Lipinski definition) is 3. The minimum atomic E-state index is -0.000265. The fourth-order valence-corrected chi connectivity index (χ4v) is 3.75. The van der Waals surface area contributed by atoms with Gasteiger partial charge in [0.05, 0.1) is 7.11 Å². The molecule has 2 aromatic rings. The van der Waals surface area contributed by atoms with E-state index >= 15 is 0 Å².